The van der Waals surface area contributed by atoms with Crippen molar-refractivity contribution >= 4 is 10.0 Å². The van der Waals surface area contributed by atoms with Crippen LogP contribution in [-0.4, -0.2) is 50.3 Å². The molecule has 6 nitrogen and oxygen atoms in total. The summed E-state index contributed by atoms with van der Waals surface area (Å²) in [6, 6.07) is 8.65. The highest BCUT2D eigenvalue weighted by atomic mass is 32.2. The Morgan fingerprint density at radius 2 is 1.86 bits per heavy atom. The maximum absolute atomic E-state index is 12.6. The number of nitrogens with zero attached hydrogens (tertiary/aromatic N) is 4. The minimum atomic E-state index is -3.53. The maximum Gasteiger partial charge on any atom is 0.243 e. The molecule has 0 amide bonds. The van der Waals surface area contributed by atoms with Gasteiger partial charge in [-0.3, -0.25) is 4.90 Å². The molecule has 1 aliphatic heterocycles. The number of benzene rings is 1. The summed E-state index contributed by atoms with van der Waals surface area (Å²) < 4.78 is 26.6. The minimum absolute atomic E-state index is 0.215. The summed E-state index contributed by atoms with van der Waals surface area (Å²) in [6.07, 6.45) is 0. The first-order valence-corrected chi connectivity index (χ1v) is 8.03. The second-order valence-corrected chi connectivity index (χ2v) is 6.86. The van der Waals surface area contributed by atoms with Crippen LogP contribution in [0.15, 0.2) is 23.1 Å². The number of rotatable bonds is 3. The van der Waals surface area contributed by atoms with Crippen LogP contribution >= 0.6 is 0 Å². The molecule has 21 heavy (non-hydrogen) atoms. The van der Waals surface area contributed by atoms with Gasteiger partial charge in [0.25, 0.3) is 0 Å². The molecule has 0 unspecified atom stereocenters. The van der Waals surface area contributed by atoms with Crippen LogP contribution in [0.25, 0.3) is 0 Å². The van der Waals surface area contributed by atoms with E-state index in [1.54, 1.807) is 6.92 Å². The quantitative estimate of drug-likeness (QED) is 0.767. The summed E-state index contributed by atoms with van der Waals surface area (Å²) in [6.45, 7) is 3.92. The van der Waals surface area contributed by atoms with Gasteiger partial charge in [0.1, 0.15) is 0 Å². The van der Waals surface area contributed by atoms with Crippen LogP contribution in [0.1, 0.15) is 11.1 Å². The lowest BCUT2D eigenvalue weighted by Gasteiger charge is -2.32. The molecule has 0 saturated carbocycles. The van der Waals surface area contributed by atoms with Crippen molar-refractivity contribution in [3.63, 3.8) is 0 Å². The van der Waals surface area contributed by atoms with Gasteiger partial charge in [0.15, 0.2) is 0 Å². The molecule has 2 rings (SSSR count). The lowest BCUT2D eigenvalue weighted by Crippen LogP contribution is -2.48. The van der Waals surface area contributed by atoms with Gasteiger partial charge in [-0.25, -0.2) is 8.42 Å². The highest BCUT2D eigenvalue weighted by molar-refractivity contribution is 7.89. The predicted octanol–water partition coefficient (Wildman–Crippen LogP) is 0.697. The van der Waals surface area contributed by atoms with E-state index in [-0.39, 0.29) is 4.90 Å². The topological polar surface area (TPSA) is 88.2 Å². The fraction of sp³-hybridized carbons (Fsp3) is 0.429. The van der Waals surface area contributed by atoms with Crippen LogP contribution in [0.5, 0.6) is 0 Å². The van der Waals surface area contributed by atoms with E-state index < -0.39 is 10.0 Å². The Morgan fingerprint density at radius 3 is 2.38 bits per heavy atom. The molecule has 0 radical (unpaired) electrons. The van der Waals surface area contributed by atoms with E-state index >= 15 is 0 Å². The van der Waals surface area contributed by atoms with Crippen LogP contribution in [0, 0.1) is 29.6 Å². The lowest BCUT2D eigenvalue weighted by molar-refractivity contribution is 0.206. The highest BCUT2D eigenvalue weighted by Gasteiger charge is 2.28. The molecule has 0 bridgehead atoms. The number of hydrogen-bond donors (Lipinski definition) is 0. The average Bonchev–Trinajstić information content (AvgIpc) is 2.48. The maximum atomic E-state index is 12.6. The van der Waals surface area contributed by atoms with E-state index in [2.05, 4.69) is 6.07 Å². The number of sulfonamides is 1. The first-order chi connectivity index (χ1) is 9.98. The van der Waals surface area contributed by atoms with E-state index in [9.17, 15) is 8.42 Å². The van der Waals surface area contributed by atoms with Crippen molar-refractivity contribution in [2.75, 3.05) is 32.7 Å². The van der Waals surface area contributed by atoms with Crippen LogP contribution in [0.2, 0.25) is 0 Å². The van der Waals surface area contributed by atoms with Gasteiger partial charge in [-0.1, -0.05) is 0 Å². The zero-order chi connectivity index (χ0) is 15.5. The Bertz CT molecular complexity index is 707. The minimum Gasteiger partial charge on any atom is -0.288 e. The molecule has 0 aliphatic carbocycles. The predicted molar refractivity (Wildman–Crippen MR) is 76.7 cm³/mol. The van der Waals surface area contributed by atoms with Gasteiger partial charge in [0, 0.05) is 26.2 Å². The van der Waals surface area contributed by atoms with E-state index in [0.29, 0.717) is 43.9 Å². The Morgan fingerprint density at radius 1 is 1.19 bits per heavy atom. The van der Waals surface area contributed by atoms with Gasteiger partial charge < -0.3 is 0 Å². The number of piperazine rings is 1. The molecule has 1 aliphatic rings. The molecule has 7 heteroatoms. The van der Waals surface area contributed by atoms with Gasteiger partial charge in [0.2, 0.25) is 10.0 Å². The molecule has 1 saturated heterocycles. The van der Waals surface area contributed by atoms with Gasteiger partial charge >= 0.3 is 0 Å². The molecule has 0 aromatic heterocycles. The monoisotopic (exact) mass is 304 g/mol. The third kappa shape index (κ3) is 3.22. The van der Waals surface area contributed by atoms with E-state index in [4.69, 9.17) is 10.5 Å². The molecule has 0 N–H and O–H groups in total. The van der Waals surface area contributed by atoms with E-state index in [0.717, 1.165) is 0 Å². The second-order valence-electron chi connectivity index (χ2n) is 4.93. The molecule has 1 aromatic carbocycles. The number of hydrogen-bond acceptors (Lipinski definition) is 5. The van der Waals surface area contributed by atoms with Crippen LogP contribution in [0.3, 0.4) is 0 Å². The Kier molecular flexibility index (Phi) is 4.59. The lowest BCUT2D eigenvalue weighted by atomic mass is 10.1. The molecule has 110 valence electrons. The van der Waals surface area contributed by atoms with Crippen LogP contribution in [-0.2, 0) is 10.0 Å². The molecule has 0 spiro atoms. The zero-order valence-electron chi connectivity index (χ0n) is 11.8. The number of nitriles is 2. The van der Waals surface area contributed by atoms with Crippen molar-refractivity contribution in [3.05, 3.63) is 29.3 Å². The zero-order valence-corrected chi connectivity index (χ0v) is 12.6. The normalized spacial score (nSPS) is 17.1. The van der Waals surface area contributed by atoms with E-state index in [1.807, 2.05) is 11.0 Å². The summed E-state index contributed by atoms with van der Waals surface area (Å²) in [5, 5.41) is 17.6. The summed E-state index contributed by atoms with van der Waals surface area (Å²) in [5.74, 6) is 0. The molecule has 0 atom stereocenters. The fourth-order valence-corrected chi connectivity index (χ4v) is 3.81. The van der Waals surface area contributed by atoms with Crippen molar-refractivity contribution < 1.29 is 8.42 Å². The van der Waals surface area contributed by atoms with Crippen molar-refractivity contribution in [1.29, 1.82) is 10.5 Å². The van der Waals surface area contributed by atoms with Crippen LogP contribution < -0.4 is 0 Å². The van der Waals surface area contributed by atoms with Crippen LogP contribution in [0.4, 0.5) is 0 Å². The Balaban J connectivity index is 2.18. The van der Waals surface area contributed by atoms with Gasteiger partial charge in [-0.15, -0.1) is 0 Å². The summed E-state index contributed by atoms with van der Waals surface area (Å²) in [4.78, 5) is 2.14. The van der Waals surface area contributed by atoms with Crippen molar-refractivity contribution in [3.8, 4) is 12.1 Å². The third-order valence-electron chi connectivity index (χ3n) is 3.58. The van der Waals surface area contributed by atoms with Gasteiger partial charge in [0.05, 0.1) is 29.1 Å². The first kappa shape index (κ1) is 15.5. The van der Waals surface area contributed by atoms with Crippen molar-refractivity contribution in [2.45, 2.75) is 11.8 Å². The molecular formula is C14H16N4O2S. The second kappa shape index (κ2) is 6.23. The molecule has 1 heterocycles. The van der Waals surface area contributed by atoms with Gasteiger partial charge in [-0.05, 0) is 30.7 Å². The highest BCUT2D eigenvalue weighted by Crippen LogP contribution is 2.20. The molecule has 1 fully saturated rings. The van der Waals surface area contributed by atoms with Crippen molar-refractivity contribution in [2.24, 2.45) is 0 Å². The van der Waals surface area contributed by atoms with Gasteiger partial charge in [-0.2, -0.15) is 14.8 Å². The SMILES string of the molecule is Cc1cc(S(=O)(=O)N2CCN(CC#N)CC2)ccc1C#N. The van der Waals surface area contributed by atoms with E-state index in [1.165, 1.54) is 22.5 Å². The first-order valence-electron chi connectivity index (χ1n) is 6.59. The summed E-state index contributed by atoms with van der Waals surface area (Å²) in [7, 11) is -3.53. The Labute approximate surface area is 124 Å². The average molecular weight is 304 g/mol. The molecule has 1 aromatic rings. The van der Waals surface area contributed by atoms with Crippen molar-refractivity contribution in [1.82, 2.24) is 9.21 Å². The third-order valence-corrected chi connectivity index (χ3v) is 5.48. The summed E-state index contributed by atoms with van der Waals surface area (Å²) in [5.41, 5.74) is 1.13. The standard InChI is InChI=1S/C14H16N4O2S/c1-12-10-14(3-2-13(12)11-16)21(19,20)18-8-6-17(5-4-15)7-9-18/h2-3,10H,5-9H2,1H3. The summed E-state index contributed by atoms with van der Waals surface area (Å²) >= 11 is 0. The molecular weight excluding hydrogens is 288 g/mol. The largest absolute Gasteiger partial charge is 0.288 e. The fourth-order valence-electron chi connectivity index (χ4n) is 2.30. The number of aryl methyl sites for hydroxylation is 1. The smallest absolute Gasteiger partial charge is 0.243 e. The Hall–Kier alpha value is -1.93.